The van der Waals surface area contributed by atoms with Crippen LogP contribution in [0.1, 0.15) is 30.8 Å². The summed E-state index contributed by atoms with van der Waals surface area (Å²) in [6, 6.07) is 7.40. The van der Waals surface area contributed by atoms with Gasteiger partial charge in [0, 0.05) is 44.0 Å². The second-order valence-corrected chi connectivity index (χ2v) is 7.15. The number of hydrogen-bond donors (Lipinski definition) is 0. The van der Waals surface area contributed by atoms with Gasteiger partial charge in [0.15, 0.2) is 0 Å². The summed E-state index contributed by atoms with van der Waals surface area (Å²) in [7, 11) is 0. The predicted octanol–water partition coefficient (Wildman–Crippen LogP) is 2.94. The summed E-state index contributed by atoms with van der Waals surface area (Å²) in [6.07, 6.45) is 9.16. The fourth-order valence-corrected chi connectivity index (χ4v) is 4.03. The van der Waals surface area contributed by atoms with E-state index in [0.29, 0.717) is 0 Å². The van der Waals surface area contributed by atoms with Gasteiger partial charge in [-0.2, -0.15) is 0 Å². The van der Waals surface area contributed by atoms with Crippen LogP contribution in [-0.2, 0) is 13.0 Å². The van der Waals surface area contributed by atoms with E-state index in [4.69, 9.17) is 4.98 Å². The van der Waals surface area contributed by atoms with E-state index >= 15 is 0 Å². The van der Waals surface area contributed by atoms with Crippen LogP contribution in [0.25, 0.3) is 16.7 Å². The van der Waals surface area contributed by atoms with E-state index in [9.17, 15) is 0 Å². The Morgan fingerprint density at radius 1 is 1.12 bits per heavy atom. The van der Waals surface area contributed by atoms with Gasteiger partial charge in [0.2, 0.25) is 0 Å². The Morgan fingerprint density at radius 3 is 2.79 bits per heavy atom. The zero-order valence-electron chi connectivity index (χ0n) is 14.1. The molecular formula is C19H23N5. The summed E-state index contributed by atoms with van der Waals surface area (Å²) in [5.41, 5.74) is 4.53. The van der Waals surface area contributed by atoms with Crippen LogP contribution in [0.15, 0.2) is 30.7 Å². The van der Waals surface area contributed by atoms with E-state index in [1.165, 1.54) is 30.6 Å². The van der Waals surface area contributed by atoms with Crippen molar-refractivity contribution in [1.82, 2.24) is 24.0 Å². The lowest BCUT2D eigenvalue weighted by Gasteiger charge is -2.36. The number of aromatic nitrogens is 4. The number of nitrogens with zero attached hydrogens (tertiary/aromatic N) is 5. The van der Waals surface area contributed by atoms with Crippen LogP contribution in [0.4, 0.5) is 0 Å². The molecule has 0 N–H and O–H groups in total. The number of fused-ring (bicyclic) bond motifs is 3. The molecule has 0 bridgehead atoms. The van der Waals surface area contributed by atoms with Gasteiger partial charge in [0.05, 0.1) is 23.1 Å². The standard InChI is InChI=1S/C19H23N5/c1-14-12-23(13-20-14)16-5-6-18-17(11-16)21-19-7-8-22(9-10-24(18)19)15-3-2-4-15/h5-6,11-13,15H,2-4,7-10H2,1H3. The molecule has 3 aromatic rings. The molecule has 3 heterocycles. The van der Waals surface area contributed by atoms with E-state index in [2.05, 4.69) is 43.4 Å². The number of rotatable bonds is 2. The smallest absolute Gasteiger partial charge is 0.111 e. The molecule has 2 aliphatic rings. The third-order valence-electron chi connectivity index (χ3n) is 5.65. The van der Waals surface area contributed by atoms with Gasteiger partial charge in [-0.1, -0.05) is 6.42 Å². The summed E-state index contributed by atoms with van der Waals surface area (Å²) in [4.78, 5) is 11.9. The number of imidazole rings is 2. The molecule has 0 spiro atoms. The second kappa shape index (κ2) is 5.45. The summed E-state index contributed by atoms with van der Waals surface area (Å²) in [5, 5.41) is 0. The molecular weight excluding hydrogens is 298 g/mol. The number of benzene rings is 1. The van der Waals surface area contributed by atoms with Crippen molar-refractivity contribution in [2.75, 3.05) is 13.1 Å². The Hall–Kier alpha value is -2.14. The van der Waals surface area contributed by atoms with E-state index in [0.717, 1.165) is 49.0 Å². The molecule has 124 valence electrons. The lowest BCUT2D eigenvalue weighted by atomic mass is 9.91. The first kappa shape index (κ1) is 14.2. The minimum atomic E-state index is 0.831. The van der Waals surface area contributed by atoms with Crippen LogP contribution in [0.3, 0.4) is 0 Å². The topological polar surface area (TPSA) is 38.9 Å². The van der Waals surface area contributed by atoms with E-state index < -0.39 is 0 Å². The maximum absolute atomic E-state index is 4.95. The van der Waals surface area contributed by atoms with Gasteiger partial charge in [0.25, 0.3) is 0 Å². The van der Waals surface area contributed by atoms with Crippen molar-refractivity contribution in [3.63, 3.8) is 0 Å². The Labute approximate surface area is 141 Å². The molecule has 0 saturated heterocycles. The van der Waals surface area contributed by atoms with Gasteiger partial charge in [-0.15, -0.1) is 0 Å². The molecule has 5 rings (SSSR count). The van der Waals surface area contributed by atoms with E-state index in [1.807, 2.05) is 13.3 Å². The highest BCUT2D eigenvalue weighted by Crippen LogP contribution is 2.27. The molecule has 1 saturated carbocycles. The maximum atomic E-state index is 4.95. The lowest BCUT2D eigenvalue weighted by Crippen LogP contribution is -2.41. The third-order valence-corrected chi connectivity index (χ3v) is 5.65. The van der Waals surface area contributed by atoms with Crippen LogP contribution in [-0.4, -0.2) is 43.1 Å². The fraction of sp³-hybridized carbons (Fsp3) is 0.474. The molecule has 0 unspecified atom stereocenters. The first-order valence-electron chi connectivity index (χ1n) is 9.02. The highest BCUT2D eigenvalue weighted by Gasteiger charge is 2.27. The van der Waals surface area contributed by atoms with Crippen molar-refractivity contribution in [1.29, 1.82) is 0 Å². The molecule has 1 aliphatic carbocycles. The third kappa shape index (κ3) is 2.26. The number of hydrogen-bond acceptors (Lipinski definition) is 3. The van der Waals surface area contributed by atoms with Crippen molar-refractivity contribution in [3.05, 3.63) is 42.2 Å². The van der Waals surface area contributed by atoms with Crippen LogP contribution in [0.2, 0.25) is 0 Å². The molecule has 1 aromatic carbocycles. The second-order valence-electron chi connectivity index (χ2n) is 7.15. The minimum Gasteiger partial charge on any atom is -0.327 e. The fourth-order valence-electron chi connectivity index (χ4n) is 4.03. The molecule has 0 radical (unpaired) electrons. The van der Waals surface area contributed by atoms with Gasteiger partial charge in [0.1, 0.15) is 5.82 Å². The van der Waals surface area contributed by atoms with Gasteiger partial charge in [-0.25, -0.2) is 9.97 Å². The molecule has 5 heteroatoms. The highest BCUT2D eigenvalue weighted by molar-refractivity contribution is 5.78. The quantitative estimate of drug-likeness (QED) is 0.728. The van der Waals surface area contributed by atoms with Crippen LogP contribution in [0, 0.1) is 6.92 Å². The van der Waals surface area contributed by atoms with Crippen molar-refractivity contribution in [2.45, 2.75) is 45.2 Å². The maximum Gasteiger partial charge on any atom is 0.111 e. The molecule has 0 amide bonds. The predicted molar refractivity (Wildman–Crippen MR) is 94.5 cm³/mol. The zero-order valence-corrected chi connectivity index (χ0v) is 14.1. The van der Waals surface area contributed by atoms with Crippen LogP contribution >= 0.6 is 0 Å². The van der Waals surface area contributed by atoms with Crippen molar-refractivity contribution in [2.24, 2.45) is 0 Å². The number of aryl methyl sites for hydroxylation is 1. The largest absolute Gasteiger partial charge is 0.327 e. The Morgan fingerprint density at radius 2 is 2.04 bits per heavy atom. The van der Waals surface area contributed by atoms with Crippen LogP contribution in [0.5, 0.6) is 0 Å². The monoisotopic (exact) mass is 321 g/mol. The summed E-state index contributed by atoms with van der Waals surface area (Å²) < 4.78 is 4.49. The normalized spacial score (nSPS) is 19.2. The van der Waals surface area contributed by atoms with Crippen molar-refractivity contribution < 1.29 is 0 Å². The van der Waals surface area contributed by atoms with Crippen molar-refractivity contribution in [3.8, 4) is 5.69 Å². The Balaban J connectivity index is 1.47. The van der Waals surface area contributed by atoms with Gasteiger partial charge >= 0.3 is 0 Å². The van der Waals surface area contributed by atoms with Crippen LogP contribution < -0.4 is 0 Å². The zero-order chi connectivity index (χ0) is 16.1. The molecule has 1 aliphatic heterocycles. The summed E-state index contributed by atoms with van der Waals surface area (Å²) in [5.74, 6) is 1.24. The van der Waals surface area contributed by atoms with E-state index in [1.54, 1.807) is 0 Å². The first-order chi connectivity index (χ1) is 11.8. The van der Waals surface area contributed by atoms with Gasteiger partial charge in [-0.05, 0) is 38.0 Å². The molecule has 2 aromatic heterocycles. The Kier molecular flexibility index (Phi) is 3.23. The Bertz CT molecular complexity index is 886. The molecule has 24 heavy (non-hydrogen) atoms. The molecule has 5 nitrogen and oxygen atoms in total. The summed E-state index contributed by atoms with van der Waals surface area (Å²) in [6.45, 7) is 5.39. The van der Waals surface area contributed by atoms with E-state index in [-0.39, 0.29) is 0 Å². The highest BCUT2D eigenvalue weighted by atomic mass is 15.2. The average Bonchev–Trinajstić information content (AvgIpc) is 3.05. The van der Waals surface area contributed by atoms with Gasteiger partial charge in [-0.3, -0.25) is 4.90 Å². The average molecular weight is 321 g/mol. The first-order valence-corrected chi connectivity index (χ1v) is 9.02. The lowest BCUT2D eigenvalue weighted by molar-refractivity contribution is 0.130. The van der Waals surface area contributed by atoms with Crippen molar-refractivity contribution >= 4 is 11.0 Å². The minimum absolute atomic E-state index is 0.831. The molecule has 0 atom stereocenters. The molecule has 1 fully saturated rings. The summed E-state index contributed by atoms with van der Waals surface area (Å²) >= 11 is 0. The SMILES string of the molecule is Cc1cn(-c2ccc3c(c2)nc2n3CCN(C3CCC3)CC2)cn1. The van der Waals surface area contributed by atoms with Gasteiger partial charge < -0.3 is 9.13 Å².